The lowest BCUT2D eigenvalue weighted by atomic mass is 9.52. The van der Waals surface area contributed by atoms with Crippen LogP contribution in [0, 0.1) is 16.2 Å². The summed E-state index contributed by atoms with van der Waals surface area (Å²) in [5, 5.41) is 12.6. The number of carbonyl (C=O) groups excluding carboxylic acids is 4. The fourth-order valence-electron chi connectivity index (χ4n) is 7.28. The van der Waals surface area contributed by atoms with E-state index in [0.29, 0.717) is 0 Å². The molecule has 6 atom stereocenters. The molecular formula is C29H29NO8. The third-order valence-electron chi connectivity index (χ3n) is 9.00. The minimum Gasteiger partial charge on any atom is -0.461 e. The van der Waals surface area contributed by atoms with E-state index in [2.05, 4.69) is 0 Å². The number of rotatable bonds is 4. The topological polar surface area (TPSA) is 119 Å². The summed E-state index contributed by atoms with van der Waals surface area (Å²) >= 11 is 0. The van der Waals surface area contributed by atoms with Crippen molar-refractivity contribution in [3.8, 4) is 0 Å². The molecule has 4 fully saturated rings. The van der Waals surface area contributed by atoms with E-state index in [1.54, 1.807) is 51.1 Å². The van der Waals surface area contributed by atoms with Gasteiger partial charge in [-0.1, -0.05) is 69.3 Å². The van der Waals surface area contributed by atoms with Crippen molar-refractivity contribution in [2.45, 2.75) is 64.2 Å². The molecule has 1 aliphatic carbocycles. The highest BCUT2D eigenvalue weighted by molar-refractivity contribution is 5.99. The Morgan fingerprint density at radius 1 is 1.03 bits per heavy atom. The van der Waals surface area contributed by atoms with Gasteiger partial charge in [-0.25, -0.2) is 4.79 Å². The first kappa shape index (κ1) is 24.6. The highest BCUT2D eigenvalue weighted by Crippen LogP contribution is 2.76. The van der Waals surface area contributed by atoms with Crippen LogP contribution in [0.4, 0.5) is 0 Å². The summed E-state index contributed by atoms with van der Waals surface area (Å²) < 4.78 is 17.5. The molecule has 1 amide bonds. The lowest BCUT2D eigenvalue weighted by Gasteiger charge is -2.51. The Hall–Kier alpha value is -3.72. The van der Waals surface area contributed by atoms with E-state index in [1.165, 1.54) is 4.90 Å². The maximum Gasteiger partial charge on any atom is 0.338 e. The van der Waals surface area contributed by atoms with Crippen LogP contribution in [-0.4, -0.2) is 57.9 Å². The van der Waals surface area contributed by atoms with Crippen LogP contribution in [0.25, 0.3) is 0 Å². The number of benzene rings is 2. The summed E-state index contributed by atoms with van der Waals surface area (Å²) in [5.41, 5.74) is -5.23. The van der Waals surface area contributed by atoms with Gasteiger partial charge in [-0.05, 0) is 23.1 Å². The predicted molar refractivity (Wildman–Crippen MR) is 131 cm³/mol. The van der Waals surface area contributed by atoms with Gasteiger partial charge in [-0.3, -0.25) is 19.3 Å². The fraction of sp³-hybridized carbons (Fsp3) is 0.448. The zero-order valence-electron chi connectivity index (χ0n) is 21.4. The largest absolute Gasteiger partial charge is 0.461 e. The molecule has 1 saturated carbocycles. The van der Waals surface area contributed by atoms with Crippen LogP contribution in [0.3, 0.4) is 0 Å². The van der Waals surface area contributed by atoms with Gasteiger partial charge in [0, 0.05) is 13.0 Å². The lowest BCUT2D eigenvalue weighted by Crippen LogP contribution is -2.66. The number of nitrogens with zero attached hydrogens (tertiary/aromatic N) is 1. The molecule has 1 unspecified atom stereocenters. The summed E-state index contributed by atoms with van der Waals surface area (Å²) in [6.07, 6.45) is -4.38. The predicted octanol–water partition coefficient (Wildman–Crippen LogP) is 2.61. The van der Waals surface area contributed by atoms with E-state index in [4.69, 9.17) is 14.2 Å². The fourth-order valence-corrected chi connectivity index (χ4v) is 7.28. The van der Waals surface area contributed by atoms with Gasteiger partial charge in [-0.15, -0.1) is 0 Å². The first-order valence-corrected chi connectivity index (χ1v) is 12.7. The van der Waals surface area contributed by atoms with Crippen molar-refractivity contribution in [2.75, 3.05) is 0 Å². The van der Waals surface area contributed by atoms with E-state index < -0.39 is 64.1 Å². The molecule has 2 spiro atoms. The number of carbonyl (C=O) groups is 4. The van der Waals surface area contributed by atoms with Crippen LogP contribution in [0.15, 0.2) is 60.7 Å². The standard InChI is InChI=1S/C29H29NO8/c1-26(2,3)28(35)14-19-27(15-20(31)36-19)25(34)38-24-29(27,28)21(37-23(33)18-12-8-5-9-13-18)22(32)30(24)16-17-10-6-4-7-11-17/h4-13,19,21,24,35H,14-16H2,1-3H3/t19-,21-,24-,27-,28+,29?/m0/s1. The minimum absolute atomic E-state index is 0.0501. The first-order chi connectivity index (χ1) is 18.0. The van der Waals surface area contributed by atoms with Gasteiger partial charge in [-0.2, -0.15) is 0 Å². The van der Waals surface area contributed by atoms with Crippen molar-refractivity contribution in [1.82, 2.24) is 4.90 Å². The van der Waals surface area contributed by atoms with Gasteiger partial charge in [0.2, 0.25) is 0 Å². The molecule has 2 aromatic carbocycles. The van der Waals surface area contributed by atoms with E-state index in [-0.39, 0.29) is 24.9 Å². The van der Waals surface area contributed by atoms with Crippen molar-refractivity contribution in [3.63, 3.8) is 0 Å². The molecule has 198 valence electrons. The number of esters is 3. The summed E-state index contributed by atoms with van der Waals surface area (Å²) in [6, 6.07) is 17.3. The summed E-state index contributed by atoms with van der Waals surface area (Å²) in [6.45, 7) is 5.42. The highest BCUT2D eigenvalue weighted by Gasteiger charge is 2.93. The zero-order chi connectivity index (χ0) is 27.1. The first-order valence-electron chi connectivity index (χ1n) is 12.7. The van der Waals surface area contributed by atoms with Crippen LogP contribution < -0.4 is 0 Å². The zero-order valence-corrected chi connectivity index (χ0v) is 21.4. The van der Waals surface area contributed by atoms with Crippen molar-refractivity contribution in [1.29, 1.82) is 0 Å². The van der Waals surface area contributed by atoms with Gasteiger partial charge in [0.15, 0.2) is 12.3 Å². The monoisotopic (exact) mass is 519 g/mol. The lowest BCUT2D eigenvalue weighted by molar-refractivity contribution is -0.212. The average Bonchev–Trinajstić information content (AvgIpc) is 3.49. The molecule has 3 heterocycles. The molecule has 3 saturated heterocycles. The average molecular weight is 520 g/mol. The normalized spacial score (nSPS) is 35.4. The molecule has 3 aliphatic heterocycles. The Morgan fingerprint density at radius 3 is 2.29 bits per heavy atom. The van der Waals surface area contributed by atoms with Gasteiger partial charge in [0.1, 0.15) is 16.9 Å². The number of amides is 1. The van der Waals surface area contributed by atoms with Crippen LogP contribution in [0.2, 0.25) is 0 Å². The van der Waals surface area contributed by atoms with E-state index in [0.717, 1.165) is 5.56 Å². The Kier molecular flexibility index (Phi) is 5.11. The smallest absolute Gasteiger partial charge is 0.338 e. The number of hydrogen-bond donors (Lipinski definition) is 1. The van der Waals surface area contributed by atoms with Crippen LogP contribution >= 0.6 is 0 Å². The third-order valence-corrected chi connectivity index (χ3v) is 9.00. The number of hydrogen-bond acceptors (Lipinski definition) is 8. The Balaban J connectivity index is 1.57. The summed E-state index contributed by atoms with van der Waals surface area (Å²) in [7, 11) is 0. The van der Waals surface area contributed by atoms with Gasteiger partial charge >= 0.3 is 17.9 Å². The second-order valence-electron chi connectivity index (χ2n) is 11.7. The SMILES string of the molecule is CC(C)(C)[C@]1(O)C[C@@H]2OC(=O)C[C@@]23C(=O)O[C@@H]2N(Cc4ccccc4)C(=O)[C@H](OC(=O)c4ccccc4)C213. The van der Waals surface area contributed by atoms with E-state index in [1.807, 2.05) is 30.3 Å². The maximum atomic E-state index is 14.2. The molecule has 0 aromatic heterocycles. The van der Waals surface area contributed by atoms with Crippen LogP contribution in [0.1, 0.15) is 49.5 Å². The molecule has 38 heavy (non-hydrogen) atoms. The van der Waals surface area contributed by atoms with Gasteiger partial charge < -0.3 is 19.3 Å². The molecule has 6 rings (SSSR count). The van der Waals surface area contributed by atoms with Crippen molar-refractivity contribution in [2.24, 2.45) is 16.2 Å². The second kappa shape index (κ2) is 7.89. The highest BCUT2D eigenvalue weighted by atomic mass is 16.6. The molecule has 1 N–H and O–H groups in total. The van der Waals surface area contributed by atoms with Gasteiger partial charge in [0.25, 0.3) is 5.91 Å². The molecule has 0 radical (unpaired) electrons. The third kappa shape index (κ3) is 2.85. The van der Waals surface area contributed by atoms with E-state index >= 15 is 0 Å². The van der Waals surface area contributed by atoms with Crippen LogP contribution in [0.5, 0.6) is 0 Å². The molecule has 2 aromatic rings. The van der Waals surface area contributed by atoms with Gasteiger partial charge in [0.05, 0.1) is 17.6 Å². The summed E-state index contributed by atoms with van der Waals surface area (Å²) in [5.74, 6) is -2.73. The molecule has 0 bridgehead atoms. The Bertz CT molecular complexity index is 1340. The second-order valence-corrected chi connectivity index (χ2v) is 11.7. The maximum absolute atomic E-state index is 14.2. The van der Waals surface area contributed by atoms with Crippen LogP contribution in [-0.2, 0) is 35.1 Å². The minimum atomic E-state index is -1.79. The Morgan fingerprint density at radius 2 is 1.66 bits per heavy atom. The molecule has 9 nitrogen and oxygen atoms in total. The van der Waals surface area contributed by atoms with Crippen molar-refractivity contribution in [3.05, 3.63) is 71.8 Å². The molecular weight excluding hydrogens is 490 g/mol. The Labute approximate surface area is 219 Å². The quantitative estimate of drug-likeness (QED) is 0.484. The number of aliphatic hydroxyl groups is 1. The number of ether oxygens (including phenoxy) is 3. The van der Waals surface area contributed by atoms with E-state index in [9.17, 15) is 24.3 Å². The molecule has 9 heteroatoms. The van der Waals surface area contributed by atoms with Crippen molar-refractivity contribution >= 4 is 23.8 Å². The van der Waals surface area contributed by atoms with Crippen molar-refractivity contribution < 1.29 is 38.5 Å². The number of likely N-dealkylation sites (tertiary alicyclic amines) is 1. The molecule has 4 aliphatic rings. The summed E-state index contributed by atoms with van der Waals surface area (Å²) in [4.78, 5) is 55.4.